The summed E-state index contributed by atoms with van der Waals surface area (Å²) in [6, 6.07) is -0.479. The Bertz CT molecular complexity index is 213. The van der Waals surface area contributed by atoms with Gasteiger partial charge in [-0.2, -0.15) is 0 Å². The first kappa shape index (κ1) is 12.9. The summed E-state index contributed by atoms with van der Waals surface area (Å²) in [6.45, 7) is 7.31. The molecule has 82 valence electrons. The van der Waals surface area contributed by atoms with Crippen molar-refractivity contribution in [3.63, 3.8) is 0 Å². The molecule has 0 N–H and O–H groups in total. The van der Waals surface area contributed by atoms with E-state index in [1.54, 1.807) is 14.0 Å². The molecule has 0 fully saturated rings. The van der Waals surface area contributed by atoms with E-state index in [9.17, 15) is 9.59 Å². The van der Waals surface area contributed by atoms with Crippen molar-refractivity contribution in [2.24, 2.45) is 5.92 Å². The predicted octanol–water partition coefficient (Wildman–Crippen LogP) is 1.05. The molecule has 0 aromatic rings. The number of amides is 1. The quantitative estimate of drug-likeness (QED) is 0.639. The second kappa shape index (κ2) is 5.62. The maximum absolute atomic E-state index is 11.5. The molecule has 0 aromatic carbocycles. The van der Waals surface area contributed by atoms with Gasteiger partial charge in [0.1, 0.15) is 6.04 Å². The summed E-state index contributed by atoms with van der Waals surface area (Å²) in [7, 11) is 1.62. The van der Waals surface area contributed by atoms with Crippen LogP contribution in [0.4, 0.5) is 0 Å². The normalized spacial score (nSPS) is 12.4. The average Bonchev–Trinajstić information content (AvgIpc) is 2.03. The van der Waals surface area contributed by atoms with Gasteiger partial charge in [0.2, 0.25) is 5.91 Å². The highest BCUT2D eigenvalue weighted by molar-refractivity contribution is 5.83. The van der Waals surface area contributed by atoms with Crippen molar-refractivity contribution in [3.05, 3.63) is 0 Å². The Hall–Kier alpha value is -1.06. The van der Waals surface area contributed by atoms with Gasteiger partial charge in [-0.1, -0.05) is 13.8 Å². The topological polar surface area (TPSA) is 46.6 Å². The van der Waals surface area contributed by atoms with E-state index in [1.165, 1.54) is 11.8 Å². The van der Waals surface area contributed by atoms with Crippen LogP contribution in [-0.4, -0.2) is 36.5 Å². The number of nitrogens with zero attached hydrogens (tertiary/aromatic N) is 1. The Morgan fingerprint density at radius 2 is 1.86 bits per heavy atom. The maximum Gasteiger partial charge on any atom is 0.329 e. The molecule has 0 aromatic heterocycles. The number of carbonyl (C=O) groups is 2. The van der Waals surface area contributed by atoms with Gasteiger partial charge in [-0.3, -0.25) is 4.79 Å². The van der Waals surface area contributed by atoms with Gasteiger partial charge < -0.3 is 9.64 Å². The summed E-state index contributed by atoms with van der Waals surface area (Å²) < 4.78 is 4.90. The van der Waals surface area contributed by atoms with E-state index >= 15 is 0 Å². The van der Waals surface area contributed by atoms with Crippen LogP contribution in [0, 0.1) is 5.92 Å². The molecule has 1 unspecified atom stereocenters. The van der Waals surface area contributed by atoms with Crippen molar-refractivity contribution >= 4 is 11.9 Å². The minimum atomic E-state index is -0.479. The average molecular weight is 201 g/mol. The van der Waals surface area contributed by atoms with Crippen LogP contribution >= 0.6 is 0 Å². The monoisotopic (exact) mass is 201 g/mol. The van der Waals surface area contributed by atoms with E-state index in [-0.39, 0.29) is 17.8 Å². The van der Waals surface area contributed by atoms with Crippen molar-refractivity contribution in [2.75, 3.05) is 13.7 Å². The lowest BCUT2D eigenvalue weighted by Crippen LogP contribution is -2.45. The smallest absolute Gasteiger partial charge is 0.329 e. The van der Waals surface area contributed by atoms with Gasteiger partial charge in [0.15, 0.2) is 0 Å². The third kappa shape index (κ3) is 3.36. The molecular formula is C10H19NO3. The Balaban J connectivity index is 4.59. The third-order valence-corrected chi connectivity index (χ3v) is 2.07. The molecule has 14 heavy (non-hydrogen) atoms. The lowest BCUT2D eigenvalue weighted by atomic mass is 10.0. The Kier molecular flexibility index (Phi) is 5.20. The summed E-state index contributed by atoms with van der Waals surface area (Å²) in [5, 5.41) is 0. The Labute approximate surface area is 85.2 Å². The van der Waals surface area contributed by atoms with Crippen molar-refractivity contribution in [1.82, 2.24) is 4.90 Å². The van der Waals surface area contributed by atoms with E-state index in [2.05, 4.69) is 0 Å². The highest BCUT2D eigenvalue weighted by Gasteiger charge is 2.29. The summed E-state index contributed by atoms with van der Waals surface area (Å²) in [4.78, 5) is 24.1. The second-order valence-corrected chi connectivity index (χ2v) is 3.57. The number of rotatable bonds is 4. The molecule has 0 aliphatic carbocycles. The van der Waals surface area contributed by atoms with Crippen molar-refractivity contribution in [3.8, 4) is 0 Å². The van der Waals surface area contributed by atoms with Crippen LogP contribution in [0.1, 0.15) is 27.7 Å². The van der Waals surface area contributed by atoms with Crippen molar-refractivity contribution in [1.29, 1.82) is 0 Å². The van der Waals surface area contributed by atoms with Crippen molar-refractivity contribution in [2.45, 2.75) is 33.7 Å². The first-order chi connectivity index (χ1) is 6.41. The molecule has 0 aliphatic heterocycles. The lowest BCUT2D eigenvalue weighted by Gasteiger charge is -2.28. The standard InChI is InChI=1S/C10H19NO3/c1-6-14-10(13)9(7(2)3)11(5)8(4)12/h7,9H,6H2,1-5H3. The van der Waals surface area contributed by atoms with Crippen LogP contribution in [0.15, 0.2) is 0 Å². The maximum atomic E-state index is 11.5. The van der Waals surface area contributed by atoms with Crippen LogP contribution in [0.25, 0.3) is 0 Å². The highest BCUT2D eigenvalue weighted by atomic mass is 16.5. The molecule has 1 amide bonds. The fourth-order valence-electron chi connectivity index (χ4n) is 1.30. The highest BCUT2D eigenvalue weighted by Crippen LogP contribution is 2.11. The van der Waals surface area contributed by atoms with E-state index in [1.807, 2.05) is 13.8 Å². The molecule has 1 atom stereocenters. The number of hydrogen-bond acceptors (Lipinski definition) is 3. The van der Waals surface area contributed by atoms with E-state index < -0.39 is 6.04 Å². The zero-order valence-electron chi connectivity index (χ0n) is 9.53. The molecule has 0 bridgehead atoms. The second-order valence-electron chi connectivity index (χ2n) is 3.57. The van der Waals surface area contributed by atoms with Gasteiger partial charge in [0.05, 0.1) is 6.61 Å². The van der Waals surface area contributed by atoms with Crippen molar-refractivity contribution < 1.29 is 14.3 Å². The van der Waals surface area contributed by atoms with Gasteiger partial charge in [-0.25, -0.2) is 4.79 Å². The van der Waals surface area contributed by atoms with E-state index in [0.717, 1.165) is 0 Å². The first-order valence-corrected chi connectivity index (χ1v) is 4.81. The number of likely N-dealkylation sites (N-methyl/N-ethyl adjacent to an activating group) is 1. The molecule has 4 heteroatoms. The van der Waals surface area contributed by atoms with Gasteiger partial charge in [-0.15, -0.1) is 0 Å². The molecule has 0 saturated carbocycles. The van der Waals surface area contributed by atoms with Crippen LogP contribution < -0.4 is 0 Å². The zero-order valence-corrected chi connectivity index (χ0v) is 9.53. The summed E-state index contributed by atoms with van der Waals surface area (Å²) >= 11 is 0. The van der Waals surface area contributed by atoms with Crippen LogP contribution in [0.3, 0.4) is 0 Å². The largest absolute Gasteiger partial charge is 0.464 e. The summed E-state index contributed by atoms with van der Waals surface area (Å²) in [6.07, 6.45) is 0. The number of hydrogen-bond donors (Lipinski definition) is 0. The lowest BCUT2D eigenvalue weighted by molar-refractivity contribution is -0.155. The minimum absolute atomic E-state index is 0.0583. The molecule has 0 saturated heterocycles. The van der Waals surface area contributed by atoms with Gasteiger partial charge in [0.25, 0.3) is 0 Å². The first-order valence-electron chi connectivity index (χ1n) is 4.81. The molecule has 0 spiro atoms. The SMILES string of the molecule is CCOC(=O)C(C(C)C)N(C)C(C)=O. The minimum Gasteiger partial charge on any atom is -0.464 e. The Morgan fingerprint density at radius 3 is 2.14 bits per heavy atom. The van der Waals surface area contributed by atoms with Gasteiger partial charge in [0, 0.05) is 14.0 Å². The molecular weight excluding hydrogens is 182 g/mol. The fraction of sp³-hybridized carbons (Fsp3) is 0.800. The van der Waals surface area contributed by atoms with E-state index in [0.29, 0.717) is 6.61 Å². The van der Waals surface area contributed by atoms with Crippen LogP contribution in [-0.2, 0) is 14.3 Å². The molecule has 0 heterocycles. The Morgan fingerprint density at radius 1 is 1.36 bits per heavy atom. The molecule has 0 aliphatic rings. The summed E-state index contributed by atoms with van der Waals surface area (Å²) in [5.74, 6) is -0.403. The predicted molar refractivity (Wildman–Crippen MR) is 53.7 cm³/mol. The molecule has 0 radical (unpaired) electrons. The van der Waals surface area contributed by atoms with E-state index in [4.69, 9.17) is 4.74 Å². The third-order valence-electron chi connectivity index (χ3n) is 2.07. The van der Waals surface area contributed by atoms with Gasteiger partial charge >= 0.3 is 5.97 Å². The summed E-state index contributed by atoms with van der Waals surface area (Å²) in [5.41, 5.74) is 0. The van der Waals surface area contributed by atoms with Gasteiger partial charge in [-0.05, 0) is 12.8 Å². The van der Waals surface area contributed by atoms with Crippen LogP contribution in [0.2, 0.25) is 0 Å². The van der Waals surface area contributed by atoms with Crippen LogP contribution in [0.5, 0.6) is 0 Å². The number of ether oxygens (including phenoxy) is 1. The molecule has 4 nitrogen and oxygen atoms in total. The molecule has 0 rings (SSSR count). The zero-order chi connectivity index (χ0) is 11.3. The number of carbonyl (C=O) groups excluding carboxylic acids is 2. The fourth-order valence-corrected chi connectivity index (χ4v) is 1.30. The number of esters is 1.